The Bertz CT molecular complexity index is 1250. The van der Waals surface area contributed by atoms with Crippen LogP contribution < -0.4 is 0 Å². The lowest BCUT2D eigenvalue weighted by molar-refractivity contribution is 0.976. The zero-order valence-corrected chi connectivity index (χ0v) is 15.5. The lowest BCUT2D eigenvalue weighted by atomic mass is 10.1. The third kappa shape index (κ3) is 2.73. The minimum atomic E-state index is 0.670. The van der Waals surface area contributed by atoms with Gasteiger partial charge in [-0.3, -0.25) is 0 Å². The Hall–Kier alpha value is -3.31. The summed E-state index contributed by atoms with van der Waals surface area (Å²) in [5.41, 5.74) is 5.14. The van der Waals surface area contributed by atoms with E-state index >= 15 is 0 Å². The van der Waals surface area contributed by atoms with Crippen LogP contribution in [-0.2, 0) is 7.05 Å². The molecule has 27 heavy (non-hydrogen) atoms. The van der Waals surface area contributed by atoms with Crippen molar-refractivity contribution in [2.24, 2.45) is 17.3 Å². The minimum absolute atomic E-state index is 0.670. The molecule has 5 heteroatoms. The summed E-state index contributed by atoms with van der Waals surface area (Å²) < 4.78 is 3.30. The maximum atomic E-state index is 4.65. The van der Waals surface area contributed by atoms with Gasteiger partial charge in [-0.05, 0) is 18.2 Å². The molecule has 2 heterocycles. The van der Waals surface area contributed by atoms with Crippen LogP contribution in [0, 0.1) is 0 Å². The standard InChI is InChI=1S/C22H16N4S/c1-26-18-13-7-5-11-16(18)20(21(26)15-9-3-2-4-10-15)24-25-22-23-17-12-6-8-14-19(17)27-22/h2-14H,1H3. The number of aromatic nitrogens is 2. The van der Waals surface area contributed by atoms with Crippen molar-refractivity contribution < 1.29 is 0 Å². The molecule has 4 nitrogen and oxygen atoms in total. The smallest absolute Gasteiger partial charge is 0.231 e. The Balaban J connectivity index is 1.69. The van der Waals surface area contributed by atoms with Gasteiger partial charge in [-0.25, -0.2) is 4.98 Å². The number of hydrogen-bond donors (Lipinski definition) is 0. The minimum Gasteiger partial charge on any atom is -0.342 e. The van der Waals surface area contributed by atoms with Gasteiger partial charge >= 0.3 is 0 Å². The second kappa shape index (κ2) is 6.45. The molecule has 0 saturated carbocycles. The number of azo groups is 1. The lowest BCUT2D eigenvalue weighted by Crippen LogP contribution is -1.90. The number of thiazole rings is 1. The third-order valence-electron chi connectivity index (χ3n) is 4.65. The van der Waals surface area contributed by atoms with Crippen LogP contribution in [0.5, 0.6) is 0 Å². The van der Waals surface area contributed by atoms with Crippen LogP contribution in [0.3, 0.4) is 0 Å². The number of nitrogens with zero attached hydrogens (tertiary/aromatic N) is 4. The van der Waals surface area contributed by atoms with Crippen molar-refractivity contribution in [3.05, 3.63) is 78.9 Å². The Morgan fingerprint density at radius 2 is 1.56 bits per heavy atom. The number of hydrogen-bond acceptors (Lipinski definition) is 4. The Morgan fingerprint density at radius 3 is 2.41 bits per heavy atom. The second-order valence-electron chi connectivity index (χ2n) is 6.30. The molecule has 2 aromatic heterocycles. The van der Waals surface area contributed by atoms with Gasteiger partial charge in [0.25, 0.3) is 0 Å². The van der Waals surface area contributed by atoms with Gasteiger partial charge < -0.3 is 4.57 Å². The second-order valence-corrected chi connectivity index (χ2v) is 7.31. The molecular weight excluding hydrogens is 352 g/mol. The number of fused-ring (bicyclic) bond motifs is 2. The van der Waals surface area contributed by atoms with Gasteiger partial charge in [0.2, 0.25) is 5.13 Å². The summed E-state index contributed by atoms with van der Waals surface area (Å²) in [5.74, 6) is 0. The summed E-state index contributed by atoms with van der Waals surface area (Å²) >= 11 is 1.55. The SMILES string of the molecule is Cn1c(-c2ccccc2)c(N=Nc2nc3ccccc3s2)c2ccccc21. The fraction of sp³-hybridized carbons (Fsp3) is 0.0455. The quantitative estimate of drug-likeness (QED) is 0.320. The molecule has 0 aliphatic heterocycles. The normalized spacial score (nSPS) is 11.7. The van der Waals surface area contributed by atoms with Crippen molar-refractivity contribution in [2.75, 3.05) is 0 Å². The fourth-order valence-electron chi connectivity index (χ4n) is 3.40. The van der Waals surface area contributed by atoms with Crippen LogP contribution in [0.1, 0.15) is 0 Å². The number of aryl methyl sites for hydroxylation is 1. The van der Waals surface area contributed by atoms with Crippen LogP contribution in [0.2, 0.25) is 0 Å². The van der Waals surface area contributed by atoms with E-state index in [-0.39, 0.29) is 0 Å². The number of para-hydroxylation sites is 2. The maximum absolute atomic E-state index is 4.65. The molecule has 0 aliphatic rings. The molecule has 0 fully saturated rings. The van der Waals surface area contributed by atoms with Gasteiger partial charge in [0.15, 0.2) is 0 Å². The molecule has 130 valence electrons. The van der Waals surface area contributed by atoms with Crippen molar-refractivity contribution in [1.29, 1.82) is 0 Å². The van der Waals surface area contributed by atoms with Gasteiger partial charge in [0.1, 0.15) is 5.69 Å². The Morgan fingerprint density at radius 1 is 0.815 bits per heavy atom. The first-order chi connectivity index (χ1) is 13.3. The molecule has 0 aliphatic carbocycles. The molecule has 0 saturated heterocycles. The van der Waals surface area contributed by atoms with E-state index in [0.29, 0.717) is 5.13 Å². The number of benzene rings is 3. The summed E-state index contributed by atoms with van der Waals surface area (Å²) in [6, 6.07) is 26.7. The van der Waals surface area contributed by atoms with Gasteiger partial charge in [-0.15, -0.1) is 10.2 Å². The van der Waals surface area contributed by atoms with E-state index < -0.39 is 0 Å². The lowest BCUT2D eigenvalue weighted by Gasteiger charge is -2.05. The summed E-state index contributed by atoms with van der Waals surface area (Å²) in [6.45, 7) is 0. The zero-order valence-electron chi connectivity index (χ0n) is 14.7. The summed E-state index contributed by atoms with van der Waals surface area (Å²) in [5, 5.41) is 10.9. The van der Waals surface area contributed by atoms with Gasteiger partial charge in [0.05, 0.1) is 21.4 Å². The number of rotatable bonds is 3. The average molecular weight is 368 g/mol. The summed E-state index contributed by atoms with van der Waals surface area (Å²) in [6.07, 6.45) is 0. The Labute approximate surface area is 160 Å². The first-order valence-corrected chi connectivity index (χ1v) is 9.53. The van der Waals surface area contributed by atoms with E-state index in [2.05, 4.69) is 57.2 Å². The summed E-state index contributed by atoms with van der Waals surface area (Å²) in [7, 11) is 2.07. The van der Waals surface area contributed by atoms with E-state index in [1.807, 2.05) is 48.5 Å². The van der Waals surface area contributed by atoms with Crippen LogP contribution in [-0.4, -0.2) is 9.55 Å². The predicted molar refractivity (Wildman–Crippen MR) is 112 cm³/mol. The molecule has 3 aromatic carbocycles. The van der Waals surface area contributed by atoms with Crippen molar-refractivity contribution in [3.63, 3.8) is 0 Å². The van der Waals surface area contributed by atoms with Crippen LogP contribution >= 0.6 is 11.3 Å². The molecule has 5 aromatic rings. The Kier molecular flexibility index (Phi) is 3.80. The fourth-order valence-corrected chi connectivity index (χ4v) is 4.18. The molecule has 0 amide bonds. The highest BCUT2D eigenvalue weighted by molar-refractivity contribution is 7.21. The van der Waals surface area contributed by atoms with Gasteiger partial charge in [-0.2, -0.15) is 0 Å². The van der Waals surface area contributed by atoms with Crippen molar-refractivity contribution in [1.82, 2.24) is 9.55 Å². The topological polar surface area (TPSA) is 42.5 Å². The zero-order chi connectivity index (χ0) is 18.2. The largest absolute Gasteiger partial charge is 0.342 e. The average Bonchev–Trinajstić information content (AvgIpc) is 3.26. The summed E-state index contributed by atoms with van der Waals surface area (Å²) in [4.78, 5) is 4.57. The maximum Gasteiger partial charge on any atom is 0.231 e. The first-order valence-electron chi connectivity index (χ1n) is 8.71. The van der Waals surface area contributed by atoms with E-state index in [1.54, 1.807) is 11.3 Å². The third-order valence-corrected chi connectivity index (χ3v) is 5.57. The monoisotopic (exact) mass is 368 g/mol. The predicted octanol–water partition coefficient (Wildman–Crippen LogP) is 6.87. The molecule has 0 unspecified atom stereocenters. The van der Waals surface area contributed by atoms with E-state index in [1.165, 1.54) is 0 Å². The molecule has 0 radical (unpaired) electrons. The highest BCUT2D eigenvalue weighted by Crippen LogP contribution is 2.40. The van der Waals surface area contributed by atoms with Crippen LogP contribution in [0.4, 0.5) is 10.8 Å². The molecule has 0 spiro atoms. The highest BCUT2D eigenvalue weighted by Gasteiger charge is 2.16. The molecular formula is C22H16N4S. The first kappa shape index (κ1) is 15.9. The van der Waals surface area contributed by atoms with E-state index in [0.717, 1.165) is 38.1 Å². The van der Waals surface area contributed by atoms with Gasteiger partial charge in [-0.1, -0.05) is 72.0 Å². The van der Waals surface area contributed by atoms with Crippen molar-refractivity contribution in [3.8, 4) is 11.3 Å². The molecule has 0 atom stereocenters. The van der Waals surface area contributed by atoms with Crippen LogP contribution in [0.15, 0.2) is 89.1 Å². The van der Waals surface area contributed by atoms with E-state index in [9.17, 15) is 0 Å². The molecule has 5 rings (SSSR count). The molecule has 0 N–H and O–H groups in total. The van der Waals surface area contributed by atoms with Gasteiger partial charge in [0, 0.05) is 18.0 Å². The highest BCUT2D eigenvalue weighted by atomic mass is 32.1. The van der Waals surface area contributed by atoms with E-state index in [4.69, 9.17) is 0 Å². The van der Waals surface area contributed by atoms with Crippen molar-refractivity contribution >= 4 is 43.3 Å². The molecule has 0 bridgehead atoms. The van der Waals surface area contributed by atoms with Crippen molar-refractivity contribution in [2.45, 2.75) is 0 Å². The van der Waals surface area contributed by atoms with Crippen LogP contribution in [0.25, 0.3) is 32.4 Å².